The van der Waals surface area contributed by atoms with Gasteiger partial charge in [-0.25, -0.2) is 0 Å². The molecule has 1 aliphatic heterocycles. The molecule has 2 atom stereocenters. The van der Waals surface area contributed by atoms with E-state index in [0.717, 1.165) is 23.1 Å². The first-order valence-corrected chi connectivity index (χ1v) is 7.67. The van der Waals surface area contributed by atoms with Crippen LogP contribution >= 0.6 is 15.9 Å². The van der Waals surface area contributed by atoms with Crippen molar-refractivity contribution in [3.63, 3.8) is 0 Å². The van der Waals surface area contributed by atoms with E-state index in [1.165, 1.54) is 18.5 Å². The first-order valence-electron chi connectivity index (χ1n) is 6.88. The van der Waals surface area contributed by atoms with Gasteiger partial charge in [-0.2, -0.15) is 0 Å². The van der Waals surface area contributed by atoms with Gasteiger partial charge in [-0.3, -0.25) is 0 Å². The van der Waals surface area contributed by atoms with Crippen molar-refractivity contribution in [1.82, 2.24) is 4.90 Å². The molecule has 0 bridgehead atoms. The molecule has 1 saturated heterocycles. The van der Waals surface area contributed by atoms with Gasteiger partial charge >= 0.3 is 0 Å². The molecule has 0 radical (unpaired) electrons. The highest BCUT2D eigenvalue weighted by Crippen LogP contribution is 2.34. The van der Waals surface area contributed by atoms with Crippen molar-refractivity contribution >= 4 is 21.6 Å². The lowest BCUT2D eigenvalue weighted by Crippen LogP contribution is -2.38. The predicted molar refractivity (Wildman–Crippen MR) is 83.7 cm³/mol. The Labute approximate surface area is 124 Å². The van der Waals surface area contributed by atoms with Crippen LogP contribution in [0.25, 0.3) is 0 Å². The lowest BCUT2D eigenvalue weighted by molar-refractivity contribution is 0.199. The van der Waals surface area contributed by atoms with Crippen LogP contribution in [-0.4, -0.2) is 43.2 Å². The maximum absolute atomic E-state index is 9.97. The van der Waals surface area contributed by atoms with E-state index in [2.05, 4.69) is 45.9 Å². The largest absolute Gasteiger partial charge is 0.389 e. The van der Waals surface area contributed by atoms with Crippen LogP contribution in [0.2, 0.25) is 0 Å². The molecule has 106 valence electrons. The van der Waals surface area contributed by atoms with E-state index in [1.807, 2.05) is 19.1 Å². The summed E-state index contributed by atoms with van der Waals surface area (Å²) in [5.74, 6) is 0. The number of rotatable bonds is 4. The Morgan fingerprint density at radius 1 is 1.47 bits per heavy atom. The Morgan fingerprint density at radius 2 is 2.21 bits per heavy atom. The second-order valence-corrected chi connectivity index (χ2v) is 6.55. The number of likely N-dealkylation sites (N-methyl/N-ethyl adjacent to an activating group) is 1. The van der Waals surface area contributed by atoms with Gasteiger partial charge in [0.05, 0.1) is 6.10 Å². The highest BCUT2D eigenvalue weighted by molar-refractivity contribution is 9.10. The zero-order valence-electron chi connectivity index (χ0n) is 11.9. The van der Waals surface area contributed by atoms with Gasteiger partial charge in [0.1, 0.15) is 0 Å². The molecule has 0 amide bonds. The number of benzene rings is 1. The number of anilines is 1. The average molecular weight is 327 g/mol. The fourth-order valence-corrected chi connectivity index (χ4v) is 3.23. The van der Waals surface area contributed by atoms with Gasteiger partial charge < -0.3 is 14.9 Å². The molecule has 2 unspecified atom stereocenters. The van der Waals surface area contributed by atoms with Crippen molar-refractivity contribution in [2.45, 2.75) is 31.9 Å². The van der Waals surface area contributed by atoms with Crippen LogP contribution in [0.1, 0.15) is 31.4 Å². The molecular formula is C15H23BrN2O. The Morgan fingerprint density at radius 3 is 2.84 bits per heavy atom. The summed E-state index contributed by atoms with van der Waals surface area (Å²) in [6, 6.07) is 6.70. The van der Waals surface area contributed by atoms with Crippen LogP contribution in [0.5, 0.6) is 0 Å². The van der Waals surface area contributed by atoms with Gasteiger partial charge in [-0.1, -0.05) is 22.0 Å². The summed E-state index contributed by atoms with van der Waals surface area (Å²) in [7, 11) is 4.24. The molecule has 0 aliphatic carbocycles. The molecule has 3 nitrogen and oxygen atoms in total. The third-order valence-corrected chi connectivity index (χ3v) is 4.20. The van der Waals surface area contributed by atoms with Crippen LogP contribution < -0.4 is 4.90 Å². The minimum atomic E-state index is -0.427. The predicted octanol–water partition coefficient (Wildman–Crippen LogP) is 3.03. The maximum atomic E-state index is 9.97. The molecule has 1 aromatic rings. The van der Waals surface area contributed by atoms with Gasteiger partial charge in [-0.15, -0.1) is 0 Å². The molecule has 19 heavy (non-hydrogen) atoms. The van der Waals surface area contributed by atoms with Crippen LogP contribution in [-0.2, 0) is 0 Å². The zero-order valence-corrected chi connectivity index (χ0v) is 13.5. The van der Waals surface area contributed by atoms with Gasteiger partial charge in [0.25, 0.3) is 0 Å². The molecule has 0 spiro atoms. The summed E-state index contributed by atoms with van der Waals surface area (Å²) in [4.78, 5) is 4.69. The summed E-state index contributed by atoms with van der Waals surface area (Å²) in [5, 5.41) is 9.97. The molecule has 1 heterocycles. The third-order valence-electron chi connectivity index (χ3n) is 3.71. The summed E-state index contributed by atoms with van der Waals surface area (Å²) in [6.07, 6.45) is 2.03. The number of halogens is 1. The van der Waals surface area contributed by atoms with Gasteiger partial charge in [-0.05, 0) is 46.0 Å². The van der Waals surface area contributed by atoms with Gasteiger partial charge in [0.2, 0.25) is 0 Å². The van der Waals surface area contributed by atoms with Crippen LogP contribution in [0.15, 0.2) is 22.7 Å². The Bertz CT molecular complexity index is 434. The van der Waals surface area contributed by atoms with E-state index < -0.39 is 6.10 Å². The average Bonchev–Trinajstić information content (AvgIpc) is 2.75. The van der Waals surface area contributed by atoms with Crippen molar-refractivity contribution in [2.75, 3.05) is 32.1 Å². The van der Waals surface area contributed by atoms with Crippen LogP contribution in [0, 0.1) is 0 Å². The quantitative estimate of drug-likeness (QED) is 0.921. The first-order chi connectivity index (χ1) is 8.99. The summed E-state index contributed by atoms with van der Waals surface area (Å²) < 4.78 is 1.07. The van der Waals surface area contributed by atoms with Gasteiger partial charge in [0.15, 0.2) is 0 Å². The Hall–Kier alpha value is -0.580. The smallest absolute Gasteiger partial charge is 0.0782 e. The van der Waals surface area contributed by atoms with Crippen molar-refractivity contribution < 1.29 is 5.11 Å². The Balaban J connectivity index is 2.31. The van der Waals surface area contributed by atoms with E-state index >= 15 is 0 Å². The summed E-state index contributed by atoms with van der Waals surface area (Å²) >= 11 is 3.54. The molecular weight excluding hydrogens is 304 g/mol. The van der Waals surface area contributed by atoms with Gasteiger partial charge in [0, 0.05) is 34.9 Å². The minimum absolute atomic E-state index is 0.427. The topological polar surface area (TPSA) is 26.7 Å². The van der Waals surface area contributed by atoms with Crippen molar-refractivity contribution in [2.24, 2.45) is 0 Å². The van der Waals surface area contributed by atoms with E-state index in [0.29, 0.717) is 6.04 Å². The highest BCUT2D eigenvalue weighted by atomic mass is 79.9. The normalized spacial score (nSPS) is 21.2. The fraction of sp³-hybridized carbons (Fsp3) is 0.600. The SMILES string of the molecule is CC(O)c1ccc(Br)cc1N1CCCC1CN(C)C. The zero-order chi connectivity index (χ0) is 14.0. The molecule has 0 saturated carbocycles. The maximum Gasteiger partial charge on any atom is 0.0782 e. The third kappa shape index (κ3) is 3.50. The standard InChI is InChI=1S/C15H23BrN2O/c1-11(19)14-7-6-12(16)9-15(14)18-8-4-5-13(18)10-17(2)3/h6-7,9,11,13,19H,4-5,8,10H2,1-3H3. The lowest BCUT2D eigenvalue weighted by Gasteiger charge is -2.31. The van der Waals surface area contributed by atoms with Crippen LogP contribution in [0.4, 0.5) is 5.69 Å². The molecule has 0 aromatic heterocycles. The fourth-order valence-electron chi connectivity index (χ4n) is 2.88. The molecule has 1 N–H and O–H groups in total. The number of aliphatic hydroxyl groups excluding tert-OH is 1. The minimum Gasteiger partial charge on any atom is -0.389 e. The second-order valence-electron chi connectivity index (χ2n) is 5.63. The van der Waals surface area contributed by atoms with Crippen molar-refractivity contribution in [3.05, 3.63) is 28.2 Å². The number of nitrogens with zero attached hydrogens (tertiary/aromatic N) is 2. The van der Waals surface area contributed by atoms with Crippen molar-refractivity contribution in [1.29, 1.82) is 0 Å². The lowest BCUT2D eigenvalue weighted by atomic mass is 10.1. The molecule has 1 aromatic carbocycles. The summed E-state index contributed by atoms with van der Waals surface area (Å²) in [6.45, 7) is 3.98. The monoisotopic (exact) mass is 326 g/mol. The Kier molecular flexibility index (Phi) is 4.87. The van der Waals surface area contributed by atoms with E-state index in [4.69, 9.17) is 0 Å². The number of aliphatic hydroxyl groups is 1. The van der Waals surface area contributed by atoms with Crippen LogP contribution in [0.3, 0.4) is 0 Å². The van der Waals surface area contributed by atoms with E-state index in [1.54, 1.807) is 0 Å². The highest BCUT2D eigenvalue weighted by Gasteiger charge is 2.27. The molecule has 1 fully saturated rings. The number of hydrogen-bond donors (Lipinski definition) is 1. The first kappa shape index (κ1) is 14.8. The van der Waals surface area contributed by atoms with E-state index in [-0.39, 0.29) is 0 Å². The summed E-state index contributed by atoms with van der Waals surface area (Å²) in [5.41, 5.74) is 2.20. The number of hydrogen-bond acceptors (Lipinski definition) is 3. The van der Waals surface area contributed by atoms with E-state index in [9.17, 15) is 5.11 Å². The molecule has 1 aliphatic rings. The molecule has 4 heteroatoms. The molecule has 2 rings (SSSR count). The van der Waals surface area contributed by atoms with Crippen molar-refractivity contribution in [3.8, 4) is 0 Å². The second kappa shape index (κ2) is 6.25.